The molecular formula is C37H38Cl2N8O7. The Morgan fingerprint density at radius 2 is 1.11 bits per heavy atom. The summed E-state index contributed by atoms with van der Waals surface area (Å²) in [5.41, 5.74) is 4.63. The van der Waals surface area contributed by atoms with Gasteiger partial charge in [-0.25, -0.2) is 19.6 Å². The zero-order valence-electron chi connectivity index (χ0n) is 29.5. The molecule has 282 valence electrons. The summed E-state index contributed by atoms with van der Waals surface area (Å²) in [5, 5.41) is 15.8. The number of carbonyl (C=O) groups is 4. The van der Waals surface area contributed by atoms with Gasteiger partial charge in [-0.05, 0) is 55.6 Å². The molecule has 8 atom stereocenters. The zero-order valence-corrected chi connectivity index (χ0v) is 31.0. The molecule has 8 rings (SSSR count). The van der Waals surface area contributed by atoms with E-state index >= 15 is 0 Å². The van der Waals surface area contributed by atoms with Crippen LogP contribution in [0, 0.1) is 11.8 Å². The normalized spacial score (nSPS) is 24.6. The fourth-order valence-electron chi connectivity index (χ4n) is 8.01. The number of piperidine rings is 2. The SMILES string of the molecule is COC(=O)N[C@@H](C)C(=O)N1[C@@H]2C[C@@H]2C[C@H]1c1nc(-c2ccc(-c3ccc(-c4nc([C@@H]5C[C@H]6C[C@H]6N5C(=O)[C@H](O)NC(=O)OC)[nH]c4Cl)cc3)cc2)c(Cl)[nH]1. The first kappa shape index (κ1) is 35.9. The van der Waals surface area contributed by atoms with Gasteiger partial charge < -0.3 is 39.7 Å². The van der Waals surface area contributed by atoms with Gasteiger partial charge in [0.2, 0.25) is 12.1 Å². The van der Waals surface area contributed by atoms with E-state index in [1.807, 2.05) is 53.4 Å². The fraction of sp³-hybridized carbons (Fsp3) is 0.405. The van der Waals surface area contributed by atoms with Crippen LogP contribution in [0.3, 0.4) is 0 Å². The number of nitrogens with one attached hydrogen (secondary N) is 4. The number of aliphatic hydroxyl groups excluding tert-OH is 1. The highest BCUT2D eigenvalue weighted by molar-refractivity contribution is 6.32. The van der Waals surface area contributed by atoms with Gasteiger partial charge in [-0.1, -0.05) is 71.7 Å². The number of methoxy groups -OCH3 is 2. The molecule has 0 radical (unpaired) electrons. The topological polar surface area (TPSA) is 195 Å². The molecule has 2 saturated heterocycles. The van der Waals surface area contributed by atoms with Crippen LogP contribution in [-0.2, 0) is 19.1 Å². The number of halogens is 2. The van der Waals surface area contributed by atoms with Crippen molar-refractivity contribution in [2.24, 2.45) is 11.8 Å². The lowest BCUT2D eigenvalue weighted by molar-refractivity contribution is -0.144. The summed E-state index contributed by atoms with van der Waals surface area (Å²) >= 11 is 13.3. The first-order chi connectivity index (χ1) is 25.9. The molecular weight excluding hydrogens is 739 g/mol. The lowest BCUT2D eigenvalue weighted by Gasteiger charge is -2.29. The Hall–Kier alpha value is -5.12. The van der Waals surface area contributed by atoms with E-state index < -0.39 is 36.4 Å². The van der Waals surface area contributed by atoms with Gasteiger partial charge in [0, 0.05) is 23.2 Å². The zero-order chi connectivity index (χ0) is 38.0. The van der Waals surface area contributed by atoms with E-state index in [1.165, 1.54) is 7.11 Å². The van der Waals surface area contributed by atoms with Crippen LogP contribution in [0.1, 0.15) is 56.3 Å². The number of aromatic nitrogens is 4. The van der Waals surface area contributed by atoms with E-state index in [-0.39, 0.29) is 24.0 Å². The third-order valence-corrected chi connectivity index (χ3v) is 11.5. The molecule has 2 aliphatic heterocycles. The predicted molar refractivity (Wildman–Crippen MR) is 196 cm³/mol. The van der Waals surface area contributed by atoms with E-state index in [9.17, 15) is 24.3 Å². The third-order valence-electron chi connectivity index (χ3n) is 10.9. The van der Waals surface area contributed by atoms with Gasteiger partial charge >= 0.3 is 12.2 Å². The van der Waals surface area contributed by atoms with E-state index in [0.717, 1.165) is 48.6 Å². The van der Waals surface area contributed by atoms with Crippen LogP contribution in [0.15, 0.2) is 48.5 Å². The molecule has 2 saturated carbocycles. The number of benzene rings is 2. The number of carbonyl (C=O) groups excluding carboxylic acids is 4. The van der Waals surface area contributed by atoms with Crippen molar-refractivity contribution < 1.29 is 33.8 Å². The Bertz CT molecular complexity index is 1970. The molecule has 4 aliphatic rings. The van der Waals surface area contributed by atoms with Crippen LogP contribution in [0.5, 0.6) is 0 Å². The average Bonchev–Trinajstić information content (AvgIpc) is 3.89. The minimum atomic E-state index is -1.74. The molecule has 15 nitrogen and oxygen atoms in total. The van der Waals surface area contributed by atoms with Crippen molar-refractivity contribution in [3.05, 3.63) is 70.5 Å². The number of hydrogen-bond acceptors (Lipinski definition) is 9. The lowest BCUT2D eigenvalue weighted by atomic mass is 10.0. The quantitative estimate of drug-likeness (QED) is 0.142. The Morgan fingerprint density at radius 3 is 1.56 bits per heavy atom. The minimum absolute atomic E-state index is 0.0356. The van der Waals surface area contributed by atoms with Crippen LogP contribution in [0.4, 0.5) is 9.59 Å². The number of amides is 4. The molecule has 4 fully saturated rings. The summed E-state index contributed by atoms with van der Waals surface area (Å²) in [6.45, 7) is 1.64. The van der Waals surface area contributed by atoms with Crippen molar-refractivity contribution in [2.45, 2.75) is 69.0 Å². The van der Waals surface area contributed by atoms with Gasteiger partial charge in [-0.2, -0.15) is 0 Å². The number of likely N-dealkylation sites (tertiary alicyclic amines) is 2. The molecule has 0 spiro atoms. The van der Waals surface area contributed by atoms with E-state index in [2.05, 4.69) is 30.1 Å². The summed E-state index contributed by atoms with van der Waals surface area (Å²) in [7, 11) is 2.41. The first-order valence-corrected chi connectivity index (χ1v) is 18.4. The second-order valence-electron chi connectivity index (χ2n) is 14.2. The Balaban J connectivity index is 0.953. The van der Waals surface area contributed by atoms with Crippen molar-refractivity contribution in [2.75, 3.05) is 14.2 Å². The summed E-state index contributed by atoms with van der Waals surface area (Å²) < 4.78 is 9.18. The molecule has 2 aromatic heterocycles. The number of alkyl carbamates (subject to hydrolysis) is 2. The van der Waals surface area contributed by atoms with Gasteiger partial charge in [0.25, 0.3) is 5.91 Å². The highest BCUT2D eigenvalue weighted by Crippen LogP contribution is 2.54. The summed E-state index contributed by atoms with van der Waals surface area (Å²) in [6, 6.07) is 14.3. The second-order valence-corrected chi connectivity index (χ2v) is 15.0. The van der Waals surface area contributed by atoms with Crippen LogP contribution in [0.2, 0.25) is 10.3 Å². The molecule has 0 unspecified atom stereocenters. The number of aliphatic hydroxyl groups is 1. The van der Waals surface area contributed by atoms with Crippen LogP contribution in [-0.4, -0.2) is 97.4 Å². The number of hydrogen-bond donors (Lipinski definition) is 5. The van der Waals surface area contributed by atoms with Crippen molar-refractivity contribution in [1.29, 1.82) is 0 Å². The number of nitrogens with zero attached hydrogens (tertiary/aromatic N) is 4. The number of H-pyrrole nitrogens is 2. The van der Waals surface area contributed by atoms with Gasteiger partial charge in [0.15, 0.2) is 0 Å². The Labute approximate surface area is 319 Å². The first-order valence-electron chi connectivity index (χ1n) is 17.7. The monoisotopic (exact) mass is 776 g/mol. The second kappa shape index (κ2) is 13.9. The van der Waals surface area contributed by atoms with Gasteiger partial charge in [0.1, 0.15) is 39.4 Å². The summed E-state index contributed by atoms with van der Waals surface area (Å²) in [5.74, 6) is 0.989. The molecule has 17 heteroatoms. The highest BCUT2D eigenvalue weighted by Gasteiger charge is 2.57. The van der Waals surface area contributed by atoms with E-state index in [1.54, 1.807) is 11.8 Å². The number of rotatable bonds is 9. The smallest absolute Gasteiger partial charge is 0.409 e. The van der Waals surface area contributed by atoms with Gasteiger partial charge in [-0.3, -0.25) is 14.9 Å². The Kier molecular flexibility index (Phi) is 9.26. The van der Waals surface area contributed by atoms with Crippen molar-refractivity contribution in [3.8, 4) is 33.6 Å². The largest absolute Gasteiger partial charge is 0.453 e. The van der Waals surface area contributed by atoms with Gasteiger partial charge in [0.05, 0.1) is 26.3 Å². The molecule has 54 heavy (non-hydrogen) atoms. The van der Waals surface area contributed by atoms with Crippen molar-refractivity contribution >= 4 is 47.2 Å². The molecule has 4 heterocycles. The molecule has 4 amide bonds. The maximum absolute atomic E-state index is 13.4. The minimum Gasteiger partial charge on any atom is -0.453 e. The molecule has 2 aliphatic carbocycles. The third kappa shape index (κ3) is 6.54. The highest BCUT2D eigenvalue weighted by atomic mass is 35.5. The number of fused-ring (bicyclic) bond motifs is 2. The standard InChI is InChI=1S/C37H38Cl2N8O7/c1-16(40-36(51)53-2)34(49)46-23-12-21(23)14-25(46)31-41-27(29(38)43-31)19-8-4-17(5-9-19)18-6-10-20(11-7-18)28-30(39)44-32(42-28)26-15-22-13-24(22)47(26)35(50)33(48)45-37(52)54-3/h4-11,16,21-26,33,48H,12-15H2,1-3H3,(H,40,51)(H,41,43)(H,42,44)(H,45,52)/t16-,21+,22+,23+,24+,25-,26-,33-/m0/s1. The van der Waals surface area contributed by atoms with Gasteiger partial charge in [-0.15, -0.1) is 0 Å². The number of imidazole rings is 2. The van der Waals surface area contributed by atoms with Crippen LogP contribution >= 0.6 is 23.2 Å². The molecule has 4 aromatic rings. The van der Waals surface area contributed by atoms with E-state index in [4.69, 9.17) is 33.2 Å². The average molecular weight is 778 g/mol. The van der Waals surface area contributed by atoms with E-state index in [0.29, 0.717) is 51.6 Å². The maximum Gasteiger partial charge on any atom is 0.409 e. The summed E-state index contributed by atoms with van der Waals surface area (Å²) in [4.78, 5) is 69.1. The lowest BCUT2D eigenvalue weighted by Crippen LogP contribution is -2.49. The Morgan fingerprint density at radius 1 is 0.704 bits per heavy atom. The van der Waals surface area contributed by atoms with Crippen LogP contribution < -0.4 is 10.6 Å². The fourth-order valence-corrected chi connectivity index (χ4v) is 8.50. The van der Waals surface area contributed by atoms with Crippen LogP contribution in [0.25, 0.3) is 33.6 Å². The number of aromatic amines is 2. The maximum atomic E-state index is 13.4. The predicted octanol–water partition coefficient (Wildman–Crippen LogP) is 5.18. The molecule has 0 bridgehead atoms. The molecule has 5 N–H and O–H groups in total. The van der Waals surface area contributed by atoms with Crippen molar-refractivity contribution in [3.63, 3.8) is 0 Å². The molecule has 2 aromatic carbocycles. The van der Waals surface area contributed by atoms with Crippen molar-refractivity contribution in [1.82, 2.24) is 40.4 Å². The summed E-state index contributed by atoms with van der Waals surface area (Å²) in [6.07, 6.45) is -0.110. The number of ether oxygens (including phenoxy) is 2.